The van der Waals surface area contributed by atoms with Crippen molar-refractivity contribution in [1.82, 2.24) is 0 Å². The van der Waals surface area contributed by atoms with Gasteiger partial charge < -0.3 is 30.6 Å². The summed E-state index contributed by atoms with van der Waals surface area (Å²) < 4.78 is 0. The first-order valence-electron chi connectivity index (χ1n) is 10.9. The van der Waals surface area contributed by atoms with E-state index in [9.17, 15) is 49.8 Å². The first-order chi connectivity index (χ1) is 18.0. The first kappa shape index (κ1) is 25.5. The molecule has 0 heterocycles. The molecule has 0 aliphatic heterocycles. The highest BCUT2D eigenvalue weighted by molar-refractivity contribution is 6.50. The standard InChI is InChI=1S/C28H18O10/c29-15-5-1-3-13(7-15)25(35)27(37)19-11-21(31)17(9-23(19)33)18-10-24(34)20(12-22(18)32)28(38)26(36)14-4-2-6-16(30)8-14/h1-12,29-34H. The second-order valence-electron chi connectivity index (χ2n) is 8.19. The Morgan fingerprint density at radius 3 is 1.13 bits per heavy atom. The maximum atomic E-state index is 12.6. The van der Waals surface area contributed by atoms with Crippen LogP contribution >= 0.6 is 0 Å². The van der Waals surface area contributed by atoms with Crippen molar-refractivity contribution in [3.63, 3.8) is 0 Å². The zero-order valence-corrected chi connectivity index (χ0v) is 19.2. The molecule has 0 amide bonds. The number of hydrogen-bond acceptors (Lipinski definition) is 10. The molecule has 4 rings (SSSR count). The van der Waals surface area contributed by atoms with Crippen LogP contribution in [-0.4, -0.2) is 53.8 Å². The van der Waals surface area contributed by atoms with E-state index in [1.807, 2.05) is 0 Å². The van der Waals surface area contributed by atoms with E-state index in [2.05, 4.69) is 0 Å². The molecule has 10 heteroatoms. The van der Waals surface area contributed by atoms with Crippen molar-refractivity contribution in [3.05, 3.63) is 95.1 Å². The van der Waals surface area contributed by atoms with E-state index in [0.717, 1.165) is 36.4 Å². The van der Waals surface area contributed by atoms with E-state index in [4.69, 9.17) is 0 Å². The highest BCUT2D eigenvalue weighted by atomic mass is 16.3. The van der Waals surface area contributed by atoms with Gasteiger partial charge in [0.2, 0.25) is 23.1 Å². The van der Waals surface area contributed by atoms with E-state index in [1.54, 1.807) is 0 Å². The van der Waals surface area contributed by atoms with Crippen LogP contribution < -0.4 is 0 Å². The molecular formula is C28H18O10. The lowest BCUT2D eigenvalue weighted by Crippen LogP contribution is -2.15. The molecule has 0 aliphatic rings. The smallest absolute Gasteiger partial charge is 0.237 e. The number of hydrogen-bond donors (Lipinski definition) is 6. The lowest BCUT2D eigenvalue weighted by molar-refractivity contribution is 0.0815. The van der Waals surface area contributed by atoms with Gasteiger partial charge in [-0.3, -0.25) is 19.2 Å². The summed E-state index contributed by atoms with van der Waals surface area (Å²) in [5.41, 5.74) is -1.97. The van der Waals surface area contributed by atoms with Crippen LogP contribution in [0.25, 0.3) is 11.1 Å². The zero-order valence-electron chi connectivity index (χ0n) is 19.2. The van der Waals surface area contributed by atoms with Gasteiger partial charge in [0.15, 0.2) is 0 Å². The Labute approximate surface area is 213 Å². The molecule has 0 aromatic heterocycles. The number of carbonyl (C=O) groups is 4. The number of aromatic hydroxyl groups is 6. The third kappa shape index (κ3) is 4.73. The molecule has 38 heavy (non-hydrogen) atoms. The summed E-state index contributed by atoms with van der Waals surface area (Å²) in [6, 6.07) is 13.3. The SMILES string of the molecule is O=C(C(=O)c1cc(O)c(-c2cc(O)c(C(=O)C(=O)c3cccc(O)c3)cc2O)cc1O)c1cccc(O)c1. The van der Waals surface area contributed by atoms with Crippen LogP contribution in [0.1, 0.15) is 41.4 Å². The largest absolute Gasteiger partial charge is 0.508 e. The van der Waals surface area contributed by atoms with Crippen molar-refractivity contribution in [1.29, 1.82) is 0 Å². The molecule has 6 N–H and O–H groups in total. The maximum Gasteiger partial charge on any atom is 0.237 e. The second-order valence-corrected chi connectivity index (χ2v) is 8.19. The van der Waals surface area contributed by atoms with Crippen LogP contribution in [0.5, 0.6) is 34.5 Å². The maximum absolute atomic E-state index is 12.6. The lowest BCUT2D eigenvalue weighted by atomic mass is 9.94. The van der Waals surface area contributed by atoms with Crippen molar-refractivity contribution in [2.45, 2.75) is 0 Å². The van der Waals surface area contributed by atoms with Gasteiger partial charge >= 0.3 is 0 Å². The monoisotopic (exact) mass is 514 g/mol. The minimum Gasteiger partial charge on any atom is -0.508 e. The fourth-order valence-corrected chi connectivity index (χ4v) is 3.75. The van der Waals surface area contributed by atoms with Crippen molar-refractivity contribution >= 4 is 23.1 Å². The predicted molar refractivity (Wildman–Crippen MR) is 132 cm³/mol. The highest BCUT2D eigenvalue weighted by Crippen LogP contribution is 2.42. The normalized spacial score (nSPS) is 10.6. The van der Waals surface area contributed by atoms with Gasteiger partial charge in [-0.25, -0.2) is 0 Å². The molecule has 0 radical (unpaired) electrons. The van der Waals surface area contributed by atoms with E-state index < -0.39 is 57.3 Å². The molecule has 4 aromatic carbocycles. The van der Waals surface area contributed by atoms with Crippen molar-refractivity contribution in [2.24, 2.45) is 0 Å². The number of ketones is 4. The Morgan fingerprint density at radius 2 is 0.789 bits per heavy atom. The average Bonchev–Trinajstić information content (AvgIpc) is 2.89. The summed E-state index contributed by atoms with van der Waals surface area (Å²) in [6.45, 7) is 0. The summed E-state index contributed by atoms with van der Waals surface area (Å²) in [5, 5.41) is 60.9. The molecular weight excluding hydrogens is 496 g/mol. The van der Waals surface area contributed by atoms with Gasteiger partial charge in [0.1, 0.15) is 34.5 Å². The summed E-state index contributed by atoms with van der Waals surface area (Å²) in [4.78, 5) is 50.3. The lowest BCUT2D eigenvalue weighted by Gasteiger charge is -2.13. The number of benzene rings is 4. The fourth-order valence-electron chi connectivity index (χ4n) is 3.75. The molecule has 0 spiro atoms. The van der Waals surface area contributed by atoms with E-state index in [-0.39, 0.29) is 33.8 Å². The Morgan fingerprint density at radius 1 is 0.421 bits per heavy atom. The zero-order chi connectivity index (χ0) is 27.7. The summed E-state index contributed by atoms with van der Waals surface area (Å²) in [6.07, 6.45) is 0. The molecule has 0 aliphatic carbocycles. The summed E-state index contributed by atoms with van der Waals surface area (Å²) in [5.74, 6) is -7.84. The van der Waals surface area contributed by atoms with Gasteiger partial charge in [-0.15, -0.1) is 0 Å². The van der Waals surface area contributed by atoms with Crippen molar-refractivity contribution < 1.29 is 49.8 Å². The molecule has 0 fully saturated rings. The van der Waals surface area contributed by atoms with Gasteiger partial charge in [-0.05, 0) is 48.5 Å². The second kappa shape index (κ2) is 9.78. The van der Waals surface area contributed by atoms with Crippen LogP contribution in [0.3, 0.4) is 0 Å². The van der Waals surface area contributed by atoms with E-state index >= 15 is 0 Å². The summed E-state index contributed by atoms with van der Waals surface area (Å²) in [7, 11) is 0. The van der Waals surface area contributed by atoms with Crippen LogP contribution in [-0.2, 0) is 0 Å². The quantitative estimate of drug-likeness (QED) is 0.120. The number of carbonyl (C=O) groups excluding carboxylic acids is 4. The van der Waals surface area contributed by atoms with Crippen LogP contribution in [0.4, 0.5) is 0 Å². The molecule has 190 valence electrons. The summed E-state index contributed by atoms with van der Waals surface area (Å²) >= 11 is 0. The van der Waals surface area contributed by atoms with Crippen molar-refractivity contribution in [2.75, 3.05) is 0 Å². The molecule has 0 bridgehead atoms. The Bertz CT molecular complexity index is 1530. The van der Waals surface area contributed by atoms with Crippen LogP contribution in [0.15, 0.2) is 72.8 Å². The number of Topliss-reactive ketones (excluding diaryl/α,β-unsaturated/α-hetero) is 4. The van der Waals surface area contributed by atoms with Crippen LogP contribution in [0.2, 0.25) is 0 Å². The number of phenols is 6. The predicted octanol–water partition coefficient (Wildman–Crippen LogP) is 3.72. The van der Waals surface area contributed by atoms with Gasteiger partial charge in [0.05, 0.1) is 11.1 Å². The minimum atomic E-state index is -1.19. The van der Waals surface area contributed by atoms with Crippen molar-refractivity contribution in [3.8, 4) is 45.6 Å². The van der Waals surface area contributed by atoms with Crippen LogP contribution in [0, 0.1) is 0 Å². The minimum absolute atomic E-state index is 0.152. The Balaban J connectivity index is 1.68. The van der Waals surface area contributed by atoms with Gasteiger partial charge in [-0.2, -0.15) is 0 Å². The van der Waals surface area contributed by atoms with Gasteiger partial charge in [0.25, 0.3) is 0 Å². The first-order valence-corrected chi connectivity index (χ1v) is 10.9. The molecule has 10 nitrogen and oxygen atoms in total. The Kier molecular flexibility index (Phi) is 6.55. The topological polar surface area (TPSA) is 190 Å². The Hall–Kier alpha value is -5.64. The van der Waals surface area contributed by atoms with Gasteiger partial charge in [-0.1, -0.05) is 24.3 Å². The number of rotatable bonds is 7. The molecule has 0 atom stereocenters. The average molecular weight is 514 g/mol. The molecule has 0 saturated carbocycles. The highest BCUT2D eigenvalue weighted by Gasteiger charge is 2.27. The molecule has 0 saturated heterocycles. The number of phenolic OH excluding ortho intramolecular Hbond substituents is 6. The third-order valence-electron chi connectivity index (χ3n) is 5.64. The van der Waals surface area contributed by atoms with Gasteiger partial charge in [0, 0.05) is 22.3 Å². The molecule has 4 aromatic rings. The van der Waals surface area contributed by atoms with E-state index in [0.29, 0.717) is 0 Å². The van der Waals surface area contributed by atoms with E-state index in [1.165, 1.54) is 36.4 Å². The third-order valence-corrected chi connectivity index (χ3v) is 5.64. The fraction of sp³-hybridized carbons (Fsp3) is 0. The molecule has 0 unspecified atom stereocenters.